The first kappa shape index (κ1) is 13.0. The number of rotatable bonds is 9. The molecule has 0 amide bonds. The van der Waals surface area contributed by atoms with Gasteiger partial charge < -0.3 is 0 Å². The van der Waals surface area contributed by atoms with Crippen LogP contribution in [-0.2, 0) is 0 Å². The Morgan fingerprint density at radius 3 is 1.83 bits per heavy atom. The van der Waals surface area contributed by atoms with Crippen molar-refractivity contribution in [3.63, 3.8) is 0 Å². The molecule has 0 atom stereocenters. The monoisotopic (exact) mass is 300 g/mol. The van der Waals surface area contributed by atoms with Gasteiger partial charge in [0.05, 0.1) is 0 Å². The van der Waals surface area contributed by atoms with Crippen LogP contribution in [0.15, 0.2) is 0 Å². The summed E-state index contributed by atoms with van der Waals surface area (Å²) in [6, 6.07) is 0. The molecule has 0 spiro atoms. The van der Waals surface area contributed by atoms with Gasteiger partial charge in [-0.05, 0) is 0 Å². The van der Waals surface area contributed by atoms with Crippen LogP contribution in [0.4, 0.5) is 0 Å². The Balaban J connectivity index is 2.73. The van der Waals surface area contributed by atoms with E-state index in [0.717, 1.165) is 13.1 Å². The molecular weight excluding hydrogens is 279 g/mol. The summed E-state index contributed by atoms with van der Waals surface area (Å²) in [4.78, 5) is 0. The average Bonchev–Trinajstić information content (AvgIpc) is 2.10. The molecule has 0 heterocycles. The molecule has 0 nitrogen and oxygen atoms in total. The predicted octanol–water partition coefficient (Wildman–Crippen LogP) is 4.56. The molecule has 0 aromatic rings. The van der Waals surface area contributed by atoms with Gasteiger partial charge in [0.15, 0.2) is 0 Å². The minimum atomic E-state index is 0.731. The van der Waals surface area contributed by atoms with Crippen molar-refractivity contribution in [2.75, 3.05) is 0 Å². The first-order chi connectivity index (χ1) is 5.91. The van der Waals surface area contributed by atoms with Crippen LogP contribution >= 0.6 is 14.1 Å². The average molecular weight is 300 g/mol. The van der Waals surface area contributed by atoms with E-state index in [1.807, 2.05) is 0 Å². The van der Waals surface area contributed by atoms with Crippen molar-refractivity contribution >= 4 is 27.3 Å². The molecule has 0 radical (unpaired) electrons. The van der Waals surface area contributed by atoms with E-state index < -0.39 is 0 Å². The van der Waals surface area contributed by atoms with Gasteiger partial charge in [-0.3, -0.25) is 0 Å². The Bertz CT molecular complexity index is 66.2. The van der Waals surface area contributed by atoms with Gasteiger partial charge in [-0.2, -0.15) is 0 Å². The quantitative estimate of drug-likeness (QED) is 0.432. The van der Waals surface area contributed by atoms with Crippen LogP contribution in [0.2, 0.25) is 5.32 Å². The third-order valence-electron chi connectivity index (χ3n) is 2.08. The van der Waals surface area contributed by atoms with Gasteiger partial charge >= 0.3 is 90.9 Å². The van der Waals surface area contributed by atoms with Crippen molar-refractivity contribution in [1.82, 2.24) is 0 Å². The zero-order chi connectivity index (χ0) is 9.07. The number of unbranched alkanes of at least 4 members (excludes halogenated alkanes) is 7. The van der Waals surface area contributed by atoms with Crippen LogP contribution in [0.5, 0.6) is 0 Å². The number of hydrogen-bond acceptors (Lipinski definition) is 0. The molecular formula is C10H21BrSe. The van der Waals surface area contributed by atoms with Crippen molar-refractivity contribution in [3.05, 3.63) is 0 Å². The Labute approximate surface area is 90.7 Å². The van der Waals surface area contributed by atoms with E-state index in [9.17, 15) is 0 Å². The fourth-order valence-electron chi connectivity index (χ4n) is 1.29. The van der Waals surface area contributed by atoms with E-state index in [-0.39, 0.29) is 0 Å². The third kappa shape index (κ3) is 11.0. The first-order valence-corrected chi connectivity index (χ1v) is 10.4. The fourth-order valence-corrected chi connectivity index (χ4v) is 3.14. The van der Waals surface area contributed by atoms with Crippen LogP contribution in [0.25, 0.3) is 0 Å². The third-order valence-corrected chi connectivity index (χ3v) is 4.69. The normalized spacial score (nSPS) is 10.5. The second-order valence-electron chi connectivity index (χ2n) is 3.29. The molecule has 0 aliphatic heterocycles. The molecule has 0 aromatic carbocycles. The van der Waals surface area contributed by atoms with Crippen molar-refractivity contribution < 1.29 is 0 Å². The molecule has 0 unspecified atom stereocenters. The predicted molar refractivity (Wildman–Crippen MR) is 62.1 cm³/mol. The molecule has 0 N–H and O–H groups in total. The molecule has 0 saturated carbocycles. The Morgan fingerprint density at radius 1 is 0.833 bits per heavy atom. The molecule has 2 heteroatoms. The van der Waals surface area contributed by atoms with Crippen LogP contribution in [-0.4, -0.2) is 13.1 Å². The van der Waals surface area contributed by atoms with Gasteiger partial charge in [-0.1, -0.05) is 0 Å². The molecule has 12 heavy (non-hydrogen) atoms. The Hall–Kier alpha value is 0.999. The SMILES string of the molecule is CCCCCCCCCC[Se]Br. The van der Waals surface area contributed by atoms with E-state index in [1.165, 1.54) is 56.7 Å². The zero-order valence-corrected chi connectivity index (χ0v) is 11.4. The van der Waals surface area contributed by atoms with E-state index in [1.54, 1.807) is 0 Å². The molecule has 0 aromatic heterocycles. The maximum absolute atomic E-state index is 3.52. The maximum atomic E-state index is 3.52. The number of halogens is 1. The molecule has 0 fully saturated rings. The molecule has 0 bridgehead atoms. The van der Waals surface area contributed by atoms with Crippen LogP contribution in [0.1, 0.15) is 58.3 Å². The van der Waals surface area contributed by atoms with Gasteiger partial charge in [0.2, 0.25) is 0 Å². The van der Waals surface area contributed by atoms with Crippen molar-refractivity contribution in [2.45, 2.75) is 63.6 Å². The van der Waals surface area contributed by atoms with Gasteiger partial charge in [0.1, 0.15) is 0 Å². The van der Waals surface area contributed by atoms with E-state index in [0.29, 0.717) is 0 Å². The topological polar surface area (TPSA) is 0 Å². The Morgan fingerprint density at radius 2 is 1.33 bits per heavy atom. The second kappa shape index (κ2) is 12.0. The van der Waals surface area contributed by atoms with Crippen LogP contribution in [0, 0.1) is 0 Å². The van der Waals surface area contributed by atoms with Crippen LogP contribution in [0.3, 0.4) is 0 Å². The summed E-state index contributed by atoms with van der Waals surface area (Å²) < 4.78 is 0. The van der Waals surface area contributed by atoms with Gasteiger partial charge in [0.25, 0.3) is 0 Å². The fraction of sp³-hybridized carbons (Fsp3) is 1.00. The minimum absolute atomic E-state index is 0.731. The van der Waals surface area contributed by atoms with Crippen LogP contribution < -0.4 is 0 Å². The molecule has 0 aliphatic rings. The van der Waals surface area contributed by atoms with Gasteiger partial charge in [-0.15, -0.1) is 0 Å². The molecule has 74 valence electrons. The van der Waals surface area contributed by atoms with Crippen molar-refractivity contribution in [2.24, 2.45) is 0 Å². The Kier molecular flexibility index (Phi) is 13.0. The molecule has 0 aliphatic carbocycles. The van der Waals surface area contributed by atoms with E-state index >= 15 is 0 Å². The summed E-state index contributed by atoms with van der Waals surface area (Å²) >= 11 is 4.25. The first-order valence-electron chi connectivity index (χ1n) is 5.15. The van der Waals surface area contributed by atoms with Crippen molar-refractivity contribution in [3.8, 4) is 0 Å². The summed E-state index contributed by atoms with van der Waals surface area (Å²) in [7, 11) is 0. The molecule has 0 rings (SSSR count). The summed E-state index contributed by atoms with van der Waals surface area (Å²) in [6.07, 6.45) is 11.6. The standard InChI is InChI=1S/C10H21BrSe/c1-2-3-4-5-6-7-8-9-10-12-11/h2-10H2,1H3. The van der Waals surface area contributed by atoms with Gasteiger partial charge in [-0.25, -0.2) is 0 Å². The van der Waals surface area contributed by atoms with E-state index in [2.05, 4.69) is 21.0 Å². The summed E-state index contributed by atoms with van der Waals surface area (Å²) in [5.74, 6) is 0. The summed E-state index contributed by atoms with van der Waals surface area (Å²) in [5, 5.41) is 1.42. The zero-order valence-electron chi connectivity index (χ0n) is 8.15. The second-order valence-corrected chi connectivity index (χ2v) is 6.98. The summed E-state index contributed by atoms with van der Waals surface area (Å²) in [6.45, 7) is 2.28. The van der Waals surface area contributed by atoms with Crippen molar-refractivity contribution in [1.29, 1.82) is 0 Å². The number of hydrogen-bond donors (Lipinski definition) is 0. The van der Waals surface area contributed by atoms with E-state index in [4.69, 9.17) is 0 Å². The molecule has 0 saturated heterocycles. The van der Waals surface area contributed by atoms with Gasteiger partial charge in [0, 0.05) is 0 Å². The summed E-state index contributed by atoms with van der Waals surface area (Å²) in [5.41, 5.74) is 0.